The van der Waals surface area contributed by atoms with Gasteiger partial charge in [-0.25, -0.2) is 4.79 Å². The third-order valence-corrected chi connectivity index (χ3v) is 6.29. The number of hydrogen-bond donors (Lipinski definition) is 0. The number of likely N-dealkylation sites (N-methyl/N-ethyl adjacent to an activating group) is 1. The van der Waals surface area contributed by atoms with Gasteiger partial charge in [-0.3, -0.25) is 0 Å². The van der Waals surface area contributed by atoms with Crippen molar-refractivity contribution in [2.45, 2.75) is 19.4 Å². The number of nitrogens with zero attached hydrogens (tertiary/aromatic N) is 1. The number of carbonyl (C=O) groups is 1. The third-order valence-electron chi connectivity index (χ3n) is 3.46. The third kappa shape index (κ3) is 9.21. The Morgan fingerprint density at radius 3 is 2.00 bits per heavy atom. The van der Waals surface area contributed by atoms with Gasteiger partial charge in [-0.2, -0.15) is 0 Å². The number of carbonyl (C=O) groups excluding carboxylic acids is 1. The molecule has 0 saturated heterocycles. The fourth-order valence-corrected chi connectivity index (χ4v) is 3.60. The van der Waals surface area contributed by atoms with Gasteiger partial charge in [-0.15, -0.1) is 0 Å². The van der Waals surface area contributed by atoms with Gasteiger partial charge in [0.25, 0.3) is 0 Å². The SMILES string of the molecule is C=C(C)C(=O)OCC[N+](C)(C)CCC[Si](OC)(OC)OC.[I-]. The summed E-state index contributed by atoms with van der Waals surface area (Å²) in [6.07, 6.45) is 0.920. The van der Waals surface area contributed by atoms with Crippen molar-refractivity contribution in [2.24, 2.45) is 0 Å². The summed E-state index contributed by atoms with van der Waals surface area (Å²) < 4.78 is 22.1. The zero-order valence-corrected chi connectivity index (χ0v) is 17.8. The van der Waals surface area contributed by atoms with Crippen molar-refractivity contribution in [3.63, 3.8) is 0 Å². The predicted octanol–water partition coefficient (Wildman–Crippen LogP) is -1.55. The van der Waals surface area contributed by atoms with Crippen LogP contribution in [-0.2, 0) is 22.8 Å². The van der Waals surface area contributed by atoms with Crippen LogP contribution in [0.5, 0.6) is 0 Å². The van der Waals surface area contributed by atoms with Crippen LogP contribution in [0, 0.1) is 0 Å². The largest absolute Gasteiger partial charge is 1.00 e. The van der Waals surface area contributed by atoms with Crippen LogP contribution in [0.2, 0.25) is 6.04 Å². The average molecular weight is 447 g/mol. The second kappa shape index (κ2) is 11.5. The smallest absolute Gasteiger partial charge is 0.500 e. The summed E-state index contributed by atoms with van der Waals surface area (Å²) in [6.45, 7) is 7.27. The van der Waals surface area contributed by atoms with Crippen molar-refractivity contribution >= 4 is 14.8 Å². The molecule has 0 aromatic carbocycles. The fraction of sp³-hybridized carbons (Fsp3) is 0.786. The monoisotopic (exact) mass is 447 g/mol. The molecule has 6 nitrogen and oxygen atoms in total. The predicted molar refractivity (Wildman–Crippen MR) is 83.8 cm³/mol. The lowest BCUT2D eigenvalue weighted by molar-refractivity contribution is -0.890. The Hall–Kier alpha value is -0.00312. The number of rotatable bonds is 11. The highest BCUT2D eigenvalue weighted by molar-refractivity contribution is 6.60. The molecule has 0 aromatic rings. The minimum absolute atomic E-state index is 0. The van der Waals surface area contributed by atoms with E-state index < -0.39 is 8.80 Å². The second-order valence-electron chi connectivity index (χ2n) is 5.70. The molecule has 0 aliphatic heterocycles. The summed E-state index contributed by atoms with van der Waals surface area (Å²) in [5.41, 5.74) is 0.427. The molecule has 0 amide bonds. The van der Waals surface area contributed by atoms with E-state index in [2.05, 4.69) is 20.7 Å². The zero-order valence-electron chi connectivity index (χ0n) is 14.6. The van der Waals surface area contributed by atoms with Gasteiger partial charge in [-0.05, 0) is 6.92 Å². The maximum absolute atomic E-state index is 11.3. The highest BCUT2D eigenvalue weighted by Crippen LogP contribution is 2.16. The van der Waals surface area contributed by atoms with E-state index in [1.807, 2.05) is 0 Å². The van der Waals surface area contributed by atoms with Crippen molar-refractivity contribution in [3.8, 4) is 0 Å². The van der Waals surface area contributed by atoms with Gasteiger partial charge in [-0.1, -0.05) is 6.58 Å². The average Bonchev–Trinajstić information content (AvgIpc) is 2.43. The first-order valence-corrected chi connectivity index (χ1v) is 8.95. The number of esters is 1. The van der Waals surface area contributed by atoms with Gasteiger partial charge >= 0.3 is 14.8 Å². The minimum Gasteiger partial charge on any atom is -1.00 e. The molecular formula is C14H30INO5Si. The molecule has 0 fully saturated rings. The van der Waals surface area contributed by atoms with E-state index in [1.165, 1.54) is 0 Å². The van der Waals surface area contributed by atoms with E-state index in [9.17, 15) is 4.79 Å². The summed E-state index contributed by atoms with van der Waals surface area (Å²) in [4.78, 5) is 11.3. The van der Waals surface area contributed by atoms with E-state index in [0.717, 1.165) is 30.0 Å². The van der Waals surface area contributed by atoms with Crippen LogP contribution in [0.1, 0.15) is 13.3 Å². The molecule has 0 aromatic heterocycles. The summed E-state index contributed by atoms with van der Waals surface area (Å²) in [6, 6.07) is 0.768. The Bertz CT molecular complexity index is 340. The van der Waals surface area contributed by atoms with Gasteiger partial charge in [0.05, 0.1) is 20.6 Å². The fourth-order valence-electron chi connectivity index (χ4n) is 1.90. The van der Waals surface area contributed by atoms with Crippen LogP contribution in [-0.4, -0.2) is 74.4 Å². The van der Waals surface area contributed by atoms with Gasteiger partial charge in [0.15, 0.2) is 0 Å². The van der Waals surface area contributed by atoms with Crippen LogP contribution < -0.4 is 24.0 Å². The molecule has 0 aliphatic carbocycles. The van der Waals surface area contributed by atoms with Crippen molar-refractivity contribution in [3.05, 3.63) is 12.2 Å². The lowest BCUT2D eigenvalue weighted by Crippen LogP contribution is -3.00. The lowest BCUT2D eigenvalue weighted by Gasteiger charge is -2.31. The molecule has 0 unspecified atom stereocenters. The molecule has 0 heterocycles. The van der Waals surface area contributed by atoms with Crippen molar-refractivity contribution in [2.75, 3.05) is 55.1 Å². The topological polar surface area (TPSA) is 54.0 Å². The number of hydrogen-bond acceptors (Lipinski definition) is 5. The van der Waals surface area contributed by atoms with Crippen LogP contribution in [0.4, 0.5) is 0 Å². The zero-order chi connectivity index (χ0) is 16.5. The van der Waals surface area contributed by atoms with Gasteiger partial charge in [0.1, 0.15) is 13.2 Å². The molecule has 22 heavy (non-hydrogen) atoms. The summed E-state index contributed by atoms with van der Waals surface area (Å²) in [7, 11) is 6.58. The second-order valence-corrected chi connectivity index (χ2v) is 8.79. The van der Waals surface area contributed by atoms with Gasteiger partial charge < -0.3 is 46.5 Å². The van der Waals surface area contributed by atoms with E-state index >= 15 is 0 Å². The van der Waals surface area contributed by atoms with Crippen molar-refractivity contribution < 1.29 is 51.3 Å². The lowest BCUT2D eigenvalue weighted by atomic mass is 10.3. The molecule has 0 bridgehead atoms. The number of halogens is 1. The summed E-state index contributed by atoms with van der Waals surface area (Å²) in [5.74, 6) is -0.334. The number of ether oxygens (including phenoxy) is 1. The molecule has 0 aliphatic rings. The molecule has 132 valence electrons. The highest BCUT2D eigenvalue weighted by Gasteiger charge is 2.37. The van der Waals surface area contributed by atoms with Crippen molar-refractivity contribution in [1.29, 1.82) is 0 Å². The molecular weight excluding hydrogens is 417 g/mol. The normalized spacial score (nSPS) is 11.7. The quantitative estimate of drug-likeness (QED) is 0.126. The Morgan fingerprint density at radius 2 is 1.59 bits per heavy atom. The molecule has 0 atom stereocenters. The van der Waals surface area contributed by atoms with Crippen LogP contribution in [0.3, 0.4) is 0 Å². The Morgan fingerprint density at radius 1 is 1.09 bits per heavy atom. The van der Waals surface area contributed by atoms with Crippen molar-refractivity contribution in [1.82, 2.24) is 0 Å². The van der Waals surface area contributed by atoms with Gasteiger partial charge in [0.2, 0.25) is 0 Å². The Balaban J connectivity index is 0. The standard InChI is InChI=1S/C14H30NO5Si.HI/c1-13(2)14(16)20-11-10-15(3,4)9-8-12-21(17-5,18-6)19-7;/h1,8-12H2,2-7H3;1H/q+1;/p-1. The van der Waals surface area contributed by atoms with E-state index in [0.29, 0.717) is 12.2 Å². The van der Waals surface area contributed by atoms with E-state index in [-0.39, 0.29) is 29.9 Å². The maximum atomic E-state index is 11.3. The molecule has 0 rings (SSSR count). The Kier molecular flexibility index (Phi) is 12.7. The van der Waals surface area contributed by atoms with E-state index in [1.54, 1.807) is 28.3 Å². The first kappa shape index (κ1) is 24.3. The first-order chi connectivity index (χ1) is 9.72. The number of quaternary nitrogens is 1. The van der Waals surface area contributed by atoms with Crippen LogP contribution >= 0.6 is 0 Å². The minimum atomic E-state index is -2.49. The molecule has 0 saturated carbocycles. The van der Waals surface area contributed by atoms with Crippen LogP contribution in [0.25, 0.3) is 0 Å². The van der Waals surface area contributed by atoms with E-state index in [4.69, 9.17) is 18.0 Å². The molecule has 0 spiro atoms. The first-order valence-electron chi connectivity index (χ1n) is 7.02. The molecule has 0 radical (unpaired) electrons. The highest BCUT2D eigenvalue weighted by atomic mass is 127. The van der Waals surface area contributed by atoms with Crippen LogP contribution in [0.15, 0.2) is 12.2 Å². The maximum Gasteiger partial charge on any atom is 0.500 e. The molecule has 8 heteroatoms. The molecule has 0 N–H and O–H groups in total. The van der Waals surface area contributed by atoms with Gasteiger partial charge in [0, 0.05) is 39.4 Å². The Labute approximate surface area is 152 Å². The summed E-state index contributed by atoms with van der Waals surface area (Å²) >= 11 is 0. The summed E-state index contributed by atoms with van der Waals surface area (Å²) in [5, 5.41) is 0.